The number of ether oxygens (including phenoxy) is 1. The average Bonchev–Trinajstić information content (AvgIpc) is 2.17. The molecule has 0 aliphatic heterocycles. The van der Waals surface area contributed by atoms with Gasteiger partial charge in [-0.3, -0.25) is 0 Å². The lowest BCUT2D eigenvalue weighted by atomic mass is 10.1. The van der Waals surface area contributed by atoms with Crippen LogP contribution in [-0.2, 0) is 0 Å². The molecule has 4 N–H and O–H groups in total. The molecule has 0 unspecified atom stereocenters. The summed E-state index contributed by atoms with van der Waals surface area (Å²) in [6, 6.07) is 4.36. The number of halogens is 2. The number of benzene rings is 1. The largest absolute Gasteiger partial charge is 0.494 e. The summed E-state index contributed by atoms with van der Waals surface area (Å²) < 4.78 is 18.3. The van der Waals surface area contributed by atoms with Crippen molar-refractivity contribution in [3.05, 3.63) is 29.6 Å². The molecule has 0 heterocycles. The van der Waals surface area contributed by atoms with Gasteiger partial charge in [0, 0.05) is 18.2 Å². The first-order valence-corrected chi connectivity index (χ1v) is 3.98. The molecule has 5 heteroatoms. The Labute approximate surface area is 88.6 Å². The SMILES string of the molecule is COc1cccc([C@@H](N)CN)c1F.Cl. The van der Waals surface area contributed by atoms with Crippen LogP contribution in [0.5, 0.6) is 5.75 Å². The number of rotatable bonds is 3. The normalized spacial score (nSPS) is 11.7. The van der Waals surface area contributed by atoms with Gasteiger partial charge in [0.15, 0.2) is 11.6 Å². The van der Waals surface area contributed by atoms with Crippen LogP contribution in [0.3, 0.4) is 0 Å². The van der Waals surface area contributed by atoms with E-state index in [4.69, 9.17) is 16.2 Å². The van der Waals surface area contributed by atoms with Gasteiger partial charge in [-0.25, -0.2) is 4.39 Å². The highest BCUT2D eigenvalue weighted by atomic mass is 35.5. The van der Waals surface area contributed by atoms with Gasteiger partial charge in [-0.05, 0) is 6.07 Å². The van der Waals surface area contributed by atoms with Crippen molar-refractivity contribution in [1.29, 1.82) is 0 Å². The van der Waals surface area contributed by atoms with E-state index in [9.17, 15) is 4.39 Å². The van der Waals surface area contributed by atoms with E-state index in [-0.39, 0.29) is 24.7 Å². The molecule has 0 aliphatic carbocycles. The number of hydrogen-bond acceptors (Lipinski definition) is 3. The monoisotopic (exact) mass is 220 g/mol. The molecule has 0 saturated carbocycles. The van der Waals surface area contributed by atoms with Crippen molar-refractivity contribution in [1.82, 2.24) is 0 Å². The smallest absolute Gasteiger partial charge is 0.169 e. The van der Waals surface area contributed by atoms with Gasteiger partial charge in [0.05, 0.1) is 7.11 Å². The molecule has 14 heavy (non-hydrogen) atoms. The zero-order valence-corrected chi connectivity index (χ0v) is 8.68. The molecule has 0 aliphatic rings. The van der Waals surface area contributed by atoms with Crippen LogP contribution in [0, 0.1) is 5.82 Å². The molecule has 3 nitrogen and oxygen atoms in total. The second-order valence-corrected chi connectivity index (χ2v) is 2.71. The summed E-state index contributed by atoms with van der Waals surface area (Å²) in [5, 5.41) is 0. The molecule has 1 aromatic rings. The third-order valence-corrected chi connectivity index (χ3v) is 1.87. The molecule has 1 aromatic carbocycles. The number of hydrogen-bond donors (Lipinski definition) is 2. The summed E-state index contributed by atoms with van der Waals surface area (Å²) in [7, 11) is 1.41. The zero-order valence-electron chi connectivity index (χ0n) is 7.87. The molecule has 0 saturated heterocycles. The second kappa shape index (κ2) is 5.80. The summed E-state index contributed by atoms with van der Waals surface area (Å²) in [6.07, 6.45) is 0. The Morgan fingerprint density at radius 2 is 2.14 bits per heavy atom. The summed E-state index contributed by atoms with van der Waals surface area (Å²) in [4.78, 5) is 0. The van der Waals surface area contributed by atoms with Crippen LogP contribution >= 0.6 is 12.4 Å². The van der Waals surface area contributed by atoms with Crippen LogP contribution in [-0.4, -0.2) is 13.7 Å². The van der Waals surface area contributed by atoms with Gasteiger partial charge < -0.3 is 16.2 Å². The second-order valence-electron chi connectivity index (χ2n) is 2.71. The summed E-state index contributed by atoms with van der Waals surface area (Å²) >= 11 is 0. The Balaban J connectivity index is 0.00000169. The van der Waals surface area contributed by atoms with Crippen LogP contribution in [0.1, 0.15) is 11.6 Å². The fourth-order valence-electron chi connectivity index (χ4n) is 1.10. The molecule has 0 aromatic heterocycles. The fourth-order valence-corrected chi connectivity index (χ4v) is 1.10. The minimum Gasteiger partial charge on any atom is -0.494 e. The topological polar surface area (TPSA) is 61.3 Å². The van der Waals surface area contributed by atoms with E-state index < -0.39 is 11.9 Å². The van der Waals surface area contributed by atoms with Crippen LogP contribution in [0.4, 0.5) is 4.39 Å². The third-order valence-electron chi connectivity index (χ3n) is 1.87. The highest BCUT2D eigenvalue weighted by Crippen LogP contribution is 2.23. The molecular weight excluding hydrogens is 207 g/mol. The van der Waals surface area contributed by atoms with Gasteiger partial charge in [0.2, 0.25) is 0 Å². The lowest BCUT2D eigenvalue weighted by molar-refractivity contribution is 0.382. The van der Waals surface area contributed by atoms with Crippen molar-refractivity contribution in [3.63, 3.8) is 0 Å². The first-order chi connectivity index (χ1) is 6.20. The molecular formula is C9H14ClFN2O. The van der Waals surface area contributed by atoms with Gasteiger partial charge in [-0.1, -0.05) is 12.1 Å². The lowest BCUT2D eigenvalue weighted by Crippen LogP contribution is -2.22. The van der Waals surface area contributed by atoms with E-state index in [2.05, 4.69) is 0 Å². The Hall–Kier alpha value is -0.840. The summed E-state index contributed by atoms with van der Waals surface area (Å²) in [6.45, 7) is 0.212. The Bertz CT molecular complexity index is 296. The minimum absolute atomic E-state index is 0. The van der Waals surface area contributed by atoms with Gasteiger partial charge in [-0.15, -0.1) is 12.4 Å². The number of nitrogens with two attached hydrogens (primary N) is 2. The Morgan fingerprint density at radius 1 is 1.50 bits per heavy atom. The molecule has 1 rings (SSSR count). The van der Waals surface area contributed by atoms with Crippen LogP contribution < -0.4 is 16.2 Å². The maximum atomic E-state index is 13.4. The van der Waals surface area contributed by atoms with Crippen LogP contribution in [0.2, 0.25) is 0 Å². The lowest BCUT2D eigenvalue weighted by Gasteiger charge is -2.11. The van der Waals surface area contributed by atoms with Crippen molar-refractivity contribution in [2.75, 3.05) is 13.7 Å². The van der Waals surface area contributed by atoms with Gasteiger partial charge in [-0.2, -0.15) is 0 Å². The Kier molecular flexibility index (Phi) is 5.45. The molecule has 0 fully saturated rings. The molecule has 0 spiro atoms. The van der Waals surface area contributed by atoms with Gasteiger partial charge in [0.1, 0.15) is 0 Å². The van der Waals surface area contributed by atoms with E-state index in [1.54, 1.807) is 18.2 Å². The van der Waals surface area contributed by atoms with Crippen molar-refractivity contribution in [2.24, 2.45) is 11.5 Å². The zero-order chi connectivity index (χ0) is 9.84. The van der Waals surface area contributed by atoms with E-state index in [0.29, 0.717) is 5.56 Å². The van der Waals surface area contributed by atoms with Crippen molar-refractivity contribution < 1.29 is 9.13 Å². The summed E-state index contributed by atoms with van der Waals surface area (Å²) in [5.41, 5.74) is 11.3. The minimum atomic E-state index is -0.477. The molecule has 0 bridgehead atoms. The maximum Gasteiger partial charge on any atom is 0.169 e. The molecule has 80 valence electrons. The fraction of sp³-hybridized carbons (Fsp3) is 0.333. The highest BCUT2D eigenvalue weighted by molar-refractivity contribution is 5.85. The van der Waals surface area contributed by atoms with Crippen LogP contribution in [0.25, 0.3) is 0 Å². The maximum absolute atomic E-state index is 13.4. The number of methoxy groups -OCH3 is 1. The van der Waals surface area contributed by atoms with E-state index >= 15 is 0 Å². The predicted molar refractivity (Wildman–Crippen MR) is 56.2 cm³/mol. The first-order valence-electron chi connectivity index (χ1n) is 3.98. The molecule has 0 radical (unpaired) electrons. The standard InChI is InChI=1S/C9H13FN2O.ClH/c1-13-8-4-2-3-6(9(8)10)7(12)5-11;/h2-4,7H,5,11-12H2,1H3;1H/t7-;/m0./s1. The van der Waals surface area contributed by atoms with Gasteiger partial charge in [0.25, 0.3) is 0 Å². The van der Waals surface area contributed by atoms with E-state index in [1.807, 2.05) is 0 Å². The predicted octanol–water partition coefficient (Wildman–Crippen LogP) is 1.21. The average molecular weight is 221 g/mol. The first kappa shape index (κ1) is 13.2. The van der Waals surface area contributed by atoms with Crippen LogP contribution in [0.15, 0.2) is 18.2 Å². The van der Waals surface area contributed by atoms with E-state index in [1.165, 1.54) is 7.11 Å². The van der Waals surface area contributed by atoms with Crippen molar-refractivity contribution >= 4 is 12.4 Å². The molecule has 0 amide bonds. The summed E-state index contributed by atoms with van der Waals surface area (Å²) in [5.74, 6) is -0.232. The highest BCUT2D eigenvalue weighted by Gasteiger charge is 2.12. The van der Waals surface area contributed by atoms with E-state index in [0.717, 1.165) is 0 Å². The Morgan fingerprint density at radius 3 is 2.64 bits per heavy atom. The quantitative estimate of drug-likeness (QED) is 0.805. The van der Waals surface area contributed by atoms with Crippen molar-refractivity contribution in [3.8, 4) is 5.75 Å². The third kappa shape index (κ3) is 2.57. The van der Waals surface area contributed by atoms with Crippen molar-refractivity contribution in [2.45, 2.75) is 6.04 Å². The molecule has 1 atom stereocenters. The van der Waals surface area contributed by atoms with Gasteiger partial charge >= 0.3 is 0 Å².